The molecular weight excluding hydrogens is 236 g/mol. The molecule has 0 amide bonds. The summed E-state index contributed by atoms with van der Waals surface area (Å²) in [7, 11) is 0. The van der Waals surface area contributed by atoms with Gasteiger partial charge < -0.3 is 10.7 Å². The molecule has 0 atom stereocenters. The Morgan fingerprint density at radius 1 is 1.33 bits per heavy atom. The number of benzene rings is 1. The molecule has 0 unspecified atom stereocenters. The number of nitrogens with zero attached hydrogens (tertiary/aromatic N) is 1. The van der Waals surface area contributed by atoms with Crippen molar-refractivity contribution in [2.24, 2.45) is 5.73 Å². The van der Waals surface area contributed by atoms with Crippen LogP contribution in [0.1, 0.15) is 19.7 Å². The fourth-order valence-corrected chi connectivity index (χ4v) is 1.73. The lowest BCUT2D eigenvalue weighted by Gasteiger charge is -2.15. The number of imidazole rings is 1. The largest absolute Gasteiger partial charge is 0.342 e. The van der Waals surface area contributed by atoms with E-state index in [1.54, 1.807) is 0 Å². The normalized spacial score (nSPS) is 11.8. The standard InChI is InChI=1S/C13H15F2N3/c1-13(2,16)6-12-17-7-11(18-12)9-4-3-8(14)5-10(9)15/h3-5,7H,6,16H2,1-2H3,(H,17,18). The van der Waals surface area contributed by atoms with Crippen LogP contribution in [0.5, 0.6) is 0 Å². The van der Waals surface area contributed by atoms with Crippen LogP contribution in [-0.4, -0.2) is 15.5 Å². The zero-order valence-corrected chi connectivity index (χ0v) is 10.3. The van der Waals surface area contributed by atoms with Gasteiger partial charge in [-0.05, 0) is 26.0 Å². The van der Waals surface area contributed by atoms with E-state index in [9.17, 15) is 8.78 Å². The van der Waals surface area contributed by atoms with Crippen molar-refractivity contribution < 1.29 is 8.78 Å². The number of hydrogen-bond donors (Lipinski definition) is 2. The fraction of sp³-hybridized carbons (Fsp3) is 0.308. The minimum absolute atomic E-state index is 0.296. The number of nitrogens with two attached hydrogens (primary N) is 1. The third kappa shape index (κ3) is 2.92. The summed E-state index contributed by atoms with van der Waals surface area (Å²) < 4.78 is 26.4. The molecule has 0 bridgehead atoms. The van der Waals surface area contributed by atoms with Gasteiger partial charge in [-0.15, -0.1) is 0 Å². The zero-order chi connectivity index (χ0) is 13.3. The van der Waals surface area contributed by atoms with Gasteiger partial charge in [-0.1, -0.05) is 0 Å². The summed E-state index contributed by atoms with van der Waals surface area (Å²) in [5, 5.41) is 0. The van der Waals surface area contributed by atoms with Crippen molar-refractivity contribution in [3.63, 3.8) is 0 Å². The SMILES string of the molecule is CC(C)(N)Cc1ncc(-c2ccc(F)cc2F)[nH]1. The molecular formula is C13H15F2N3. The Morgan fingerprint density at radius 3 is 2.67 bits per heavy atom. The Morgan fingerprint density at radius 2 is 2.06 bits per heavy atom. The molecule has 2 aromatic rings. The molecule has 0 aliphatic rings. The molecule has 0 saturated heterocycles. The molecule has 1 aromatic heterocycles. The van der Waals surface area contributed by atoms with E-state index in [0.29, 0.717) is 23.5 Å². The van der Waals surface area contributed by atoms with Gasteiger partial charge >= 0.3 is 0 Å². The van der Waals surface area contributed by atoms with E-state index in [1.807, 2.05) is 13.8 Å². The summed E-state index contributed by atoms with van der Waals surface area (Å²) in [4.78, 5) is 7.14. The van der Waals surface area contributed by atoms with Crippen molar-refractivity contribution in [2.75, 3.05) is 0 Å². The van der Waals surface area contributed by atoms with Gasteiger partial charge in [0.2, 0.25) is 0 Å². The van der Waals surface area contributed by atoms with Crippen LogP contribution < -0.4 is 5.73 Å². The second kappa shape index (κ2) is 4.49. The average molecular weight is 251 g/mol. The lowest BCUT2D eigenvalue weighted by molar-refractivity contribution is 0.505. The van der Waals surface area contributed by atoms with Gasteiger partial charge in [-0.2, -0.15) is 0 Å². The number of H-pyrrole nitrogens is 1. The van der Waals surface area contributed by atoms with E-state index in [2.05, 4.69) is 9.97 Å². The third-order valence-electron chi connectivity index (χ3n) is 2.47. The van der Waals surface area contributed by atoms with Gasteiger partial charge in [0.15, 0.2) is 0 Å². The van der Waals surface area contributed by atoms with Crippen LogP contribution in [0.2, 0.25) is 0 Å². The molecule has 0 fully saturated rings. The van der Waals surface area contributed by atoms with Gasteiger partial charge in [-0.25, -0.2) is 13.8 Å². The molecule has 0 aliphatic carbocycles. The Kier molecular flexibility index (Phi) is 3.17. The minimum atomic E-state index is -0.614. The summed E-state index contributed by atoms with van der Waals surface area (Å²) in [5.74, 6) is -0.530. The molecule has 3 N–H and O–H groups in total. The lowest BCUT2D eigenvalue weighted by Crippen LogP contribution is -2.34. The van der Waals surface area contributed by atoms with E-state index >= 15 is 0 Å². The topological polar surface area (TPSA) is 54.7 Å². The first-order valence-corrected chi connectivity index (χ1v) is 5.63. The molecule has 0 saturated carbocycles. The van der Waals surface area contributed by atoms with Crippen molar-refractivity contribution >= 4 is 0 Å². The highest BCUT2D eigenvalue weighted by atomic mass is 19.1. The first-order chi connectivity index (χ1) is 8.35. The number of nitrogens with one attached hydrogen (secondary N) is 1. The van der Waals surface area contributed by atoms with Crippen LogP contribution in [0.25, 0.3) is 11.3 Å². The van der Waals surface area contributed by atoms with Gasteiger partial charge in [0.05, 0.1) is 11.9 Å². The zero-order valence-electron chi connectivity index (χ0n) is 10.3. The van der Waals surface area contributed by atoms with Crippen LogP contribution in [0, 0.1) is 11.6 Å². The molecule has 3 nitrogen and oxygen atoms in total. The second-order valence-electron chi connectivity index (χ2n) is 5.03. The number of hydrogen-bond acceptors (Lipinski definition) is 2. The van der Waals surface area contributed by atoms with Crippen molar-refractivity contribution in [3.8, 4) is 11.3 Å². The molecule has 0 spiro atoms. The maximum atomic E-state index is 13.6. The van der Waals surface area contributed by atoms with Gasteiger partial charge in [-0.3, -0.25) is 0 Å². The summed E-state index contributed by atoms with van der Waals surface area (Å²) in [6.45, 7) is 3.77. The molecule has 1 heterocycles. The predicted molar refractivity (Wildman–Crippen MR) is 65.9 cm³/mol. The van der Waals surface area contributed by atoms with Crippen molar-refractivity contribution in [1.82, 2.24) is 9.97 Å². The van der Waals surface area contributed by atoms with Crippen molar-refractivity contribution in [2.45, 2.75) is 25.8 Å². The summed E-state index contributed by atoms with van der Waals surface area (Å²) in [6, 6.07) is 3.45. The average Bonchev–Trinajstić information content (AvgIpc) is 2.63. The summed E-state index contributed by atoms with van der Waals surface area (Å²) in [6.07, 6.45) is 2.08. The van der Waals surface area contributed by atoms with Crippen LogP contribution in [0.15, 0.2) is 24.4 Å². The van der Waals surface area contributed by atoms with Crippen LogP contribution in [0.3, 0.4) is 0 Å². The van der Waals surface area contributed by atoms with Gasteiger partial charge in [0, 0.05) is 23.6 Å². The first-order valence-electron chi connectivity index (χ1n) is 5.63. The highest BCUT2D eigenvalue weighted by molar-refractivity contribution is 5.59. The molecule has 1 aromatic carbocycles. The summed E-state index contributed by atoms with van der Waals surface area (Å²) in [5.41, 5.74) is 6.31. The van der Waals surface area contributed by atoms with Crippen LogP contribution in [-0.2, 0) is 6.42 Å². The molecule has 18 heavy (non-hydrogen) atoms. The molecule has 0 aliphatic heterocycles. The monoisotopic (exact) mass is 251 g/mol. The number of aromatic nitrogens is 2. The van der Waals surface area contributed by atoms with Crippen molar-refractivity contribution in [3.05, 3.63) is 41.9 Å². The predicted octanol–water partition coefficient (Wildman–Crippen LogP) is 2.63. The number of halogens is 2. The van der Waals surface area contributed by atoms with Crippen LogP contribution in [0.4, 0.5) is 8.78 Å². The third-order valence-corrected chi connectivity index (χ3v) is 2.47. The fourth-order valence-electron chi connectivity index (χ4n) is 1.73. The Balaban J connectivity index is 2.29. The van der Waals surface area contributed by atoms with E-state index < -0.39 is 17.2 Å². The lowest BCUT2D eigenvalue weighted by atomic mass is 10.0. The maximum absolute atomic E-state index is 13.6. The van der Waals surface area contributed by atoms with E-state index in [-0.39, 0.29) is 0 Å². The highest BCUT2D eigenvalue weighted by Gasteiger charge is 2.15. The van der Waals surface area contributed by atoms with Crippen LogP contribution >= 0.6 is 0 Å². The van der Waals surface area contributed by atoms with E-state index in [0.717, 1.165) is 6.07 Å². The Hall–Kier alpha value is -1.75. The van der Waals surface area contributed by atoms with E-state index in [4.69, 9.17) is 5.73 Å². The number of aromatic amines is 1. The number of rotatable bonds is 3. The van der Waals surface area contributed by atoms with Gasteiger partial charge in [0.1, 0.15) is 17.5 Å². The highest BCUT2D eigenvalue weighted by Crippen LogP contribution is 2.22. The maximum Gasteiger partial charge on any atom is 0.135 e. The molecule has 96 valence electrons. The Labute approximate surface area is 104 Å². The molecule has 0 radical (unpaired) electrons. The molecule has 2 rings (SSSR count). The quantitative estimate of drug-likeness (QED) is 0.881. The smallest absolute Gasteiger partial charge is 0.135 e. The minimum Gasteiger partial charge on any atom is -0.342 e. The first kappa shape index (κ1) is 12.7. The van der Waals surface area contributed by atoms with E-state index in [1.165, 1.54) is 18.3 Å². The molecule has 5 heteroatoms. The van der Waals surface area contributed by atoms with Crippen molar-refractivity contribution in [1.29, 1.82) is 0 Å². The second-order valence-corrected chi connectivity index (χ2v) is 5.03. The Bertz CT molecular complexity index is 556. The van der Waals surface area contributed by atoms with Gasteiger partial charge in [0.25, 0.3) is 0 Å². The summed E-state index contributed by atoms with van der Waals surface area (Å²) >= 11 is 0.